The number of hydrogen-bond acceptors (Lipinski definition) is 1. The van der Waals surface area contributed by atoms with E-state index in [0.717, 1.165) is 10.8 Å². The molecule has 3 aromatic rings. The minimum Gasteiger partial charge on any atom is -0.507 e. The average Bonchev–Trinajstić information content (AvgIpc) is 2.45. The Kier molecular flexibility index (Phi) is 3.21. The highest BCUT2D eigenvalue weighted by Crippen LogP contribution is 2.36. The molecular formula is C20H20O. The highest BCUT2D eigenvalue weighted by atomic mass is 16.3. The van der Waals surface area contributed by atoms with Gasteiger partial charge in [-0.1, -0.05) is 30.3 Å². The van der Waals surface area contributed by atoms with Crippen LogP contribution in [-0.2, 0) is 0 Å². The van der Waals surface area contributed by atoms with Crippen LogP contribution in [0.4, 0.5) is 0 Å². The molecule has 0 saturated heterocycles. The van der Waals surface area contributed by atoms with Crippen molar-refractivity contribution in [3.8, 4) is 16.9 Å². The Balaban J connectivity index is 2.35. The Hall–Kier alpha value is -2.28. The van der Waals surface area contributed by atoms with Crippen LogP contribution in [0.15, 0.2) is 42.5 Å². The largest absolute Gasteiger partial charge is 0.507 e. The van der Waals surface area contributed by atoms with Crippen molar-refractivity contribution in [2.75, 3.05) is 0 Å². The van der Waals surface area contributed by atoms with Crippen molar-refractivity contribution in [3.63, 3.8) is 0 Å². The van der Waals surface area contributed by atoms with Gasteiger partial charge in [-0.05, 0) is 78.6 Å². The third-order valence-corrected chi connectivity index (χ3v) is 4.43. The van der Waals surface area contributed by atoms with E-state index in [4.69, 9.17) is 0 Å². The van der Waals surface area contributed by atoms with Gasteiger partial charge in [0.2, 0.25) is 0 Å². The lowest BCUT2D eigenvalue weighted by atomic mass is 9.93. The molecule has 1 heteroatoms. The van der Waals surface area contributed by atoms with Gasteiger partial charge >= 0.3 is 0 Å². The maximum absolute atomic E-state index is 10.2. The van der Waals surface area contributed by atoms with Crippen molar-refractivity contribution < 1.29 is 5.11 Å². The van der Waals surface area contributed by atoms with E-state index in [1.807, 2.05) is 6.07 Å². The van der Waals surface area contributed by atoms with Crippen molar-refractivity contribution in [1.29, 1.82) is 0 Å². The van der Waals surface area contributed by atoms with Gasteiger partial charge in [0.25, 0.3) is 0 Å². The number of phenols is 1. The number of hydrogen-bond donors (Lipinski definition) is 1. The average molecular weight is 276 g/mol. The summed E-state index contributed by atoms with van der Waals surface area (Å²) in [5, 5.41) is 12.2. The van der Waals surface area contributed by atoms with Gasteiger partial charge in [-0.3, -0.25) is 0 Å². The molecule has 0 atom stereocenters. The summed E-state index contributed by atoms with van der Waals surface area (Å²) in [6, 6.07) is 14.6. The van der Waals surface area contributed by atoms with E-state index in [2.05, 4.69) is 58.0 Å². The van der Waals surface area contributed by atoms with Crippen molar-refractivity contribution in [1.82, 2.24) is 0 Å². The van der Waals surface area contributed by atoms with Gasteiger partial charge in [0.1, 0.15) is 5.75 Å². The first-order valence-electron chi connectivity index (χ1n) is 7.28. The van der Waals surface area contributed by atoms with E-state index in [1.54, 1.807) is 6.07 Å². The molecule has 0 bridgehead atoms. The molecule has 0 saturated carbocycles. The quantitative estimate of drug-likeness (QED) is 0.627. The monoisotopic (exact) mass is 276 g/mol. The molecular weight excluding hydrogens is 256 g/mol. The van der Waals surface area contributed by atoms with Crippen LogP contribution in [-0.4, -0.2) is 5.11 Å². The number of benzene rings is 3. The Morgan fingerprint density at radius 3 is 1.90 bits per heavy atom. The summed E-state index contributed by atoms with van der Waals surface area (Å²) in [6.45, 7) is 8.46. The molecule has 3 rings (SSSR count). The fourth-order valence-corrected chi connectivity index (χ4v) is 2.75. The third kappa shape index (κ3) is 2.29. The van der Waals surface area contributed by atoms with Crippen LogP contribution < -0.4 is 0 Å². The minimum atomic E-state index is 0.348. The molecule has 0 unspecified atom stereocenters. The smallest absolute Gasteiger partial charge is 0.123 e. The Bertz CT molecular complexity index is 844. The van der Waals surface area contributed by atoms with Crippen LogP contribution in [0, 0.1) is 27.7 Å². The van der Waals surface area contributed by atoms with Gasteiger partial charge < -0.3 is 5.11 Å². The fraction of sp³-hybridized carbons (Fsp3) is 0.200. The SMILES string of the molecule is Cc1ccc(-c2ccc(O)c3cc(C)c(C)cc23)cc1C. The molecule has 0 aliphatic heterocycles. The molecule has 0 aliphatic rings. The normalized spacial score (nSPS) is 11.0. The lowest BCUT2D eigenvalue weighted by molar-refractivity contribution is 0.481. The summed E-state index contributed by atoms with van der Waals surface area (Å²) in [7, 11) is 0. The van der Waals surface area contributed by atoms with Crippen LogP contribution in [0.3, 0.4) is 0 Å². The van der Waals surface area contributed by atoms with Gasteiger partial charge in [-0.2, -0.15) is 0 Å². The second kappa shape index (κ2) is 4.92. The van der Waals surface area contributed by atoms with E-state index >= 15 is 0 Å². The highest BCUT2D eigenvalue weighted by molar-refractivity contribution is 6.00. The van der Waals surface area contributed by atoms with E-state index in [1.165, 1.54) is 33.4 Å². The number of phenolic OH excluding ortho intramolecular Hbond substituents is 1. The van der Waals surface area contributed by atoms with Crippen molar-refractivity contribution in [2.24, 2.45) is 0 Å². The molecule has 0 aromatic heterocycles. The zero-order valence-electron chi connectivity index (χ0n) is 13.0. The predicted octanol–water partition coefficient (Wildman–Crippen LogP) is 5.45. The van der Waals surface area contributed by atoms with E-state index in [0.29, 0.717) is 5.75 Å². The summed E-state index contributed by atoms with van der Waals surface area (Å²) in [6.07, 6.45) is 0. The van der Waals surface area contributed by atoms with Crippen LogP contribution >= 0.6 is 0 Å². The topological polar surface area (TPSA) is 20.2 Å². The van der Waals surface area contributed by atoms with Crippen LogP contribution in [0.25, 0.3) is 21.9 Å². The van der Waals surface area contributed by atoms with Crippen molar-refractivity contribution >= 4 is 10.8 Å². The molecule has 0 heterocycles. The molecule has 1 N–H and O–H groups in total. The first-order valence-corrected chi connectivity index (χ1v) is 7.28. The third-order valence-electron chi connectivity index (χ3n) is 4.43. The Morgan fingerprint density at radius 1 is 0.619 bits per heavy atom. The van der Waals surface area contributed by atoms with E-state index < -0.39 is 0 Å². The van der Waals surface area contributed by atoms with Gasteiger partial charge in [0, 0.05) is 5.39 Å². The van der Waals surface area contributed by atoms with Gasteiger partial charge in [-0.15, -0.1) is 0 Å². The molecule has 106 valence electrons. The van der Waals surface area contributed by atoms with Crippen molar-refractivity contribution in [3.05, 3.63) is 64.7 Å². The fourth-order valence-electron chi connectivity index (χ4n) is 2.75. The summed E-state index contributed by atoms with van der Waals surface area (Å²) in [5.74, 6) is 0.348. The minimum absolute atomic E-state index is 0.348. The molecule has 0 aliphatic carbocycles. The van der Waals surface area contributed by atoms with Crippen LogP contribution in [0.5, 0.6) is 5.75 Å². The zero-order valence-corrected chi connectivity index (χ0v) is 13.0. The lowest BCUT2D eigenvalue weighted by Gasteiger charge is -2.12. The Morgan fingerprint density at radius 2 is 1.24 bits per heavy atom. The van der Waals surface area contributed by atoms with Gasteiger partial charge in [-0.25, -0.2) is 0 Å². The number of aryl methyl sites for hydroxylation is 4. The highest BCUT2D eigenvalue weighted by Gasteiger charge is 2.09. The molecule has 3 aromatic carbocycles. The molecule has 0 radical (unpaired) electrons. The standard InChI is InChI=1S/C20H20O/c1-12-5-6-16(9-13(12)2)17-7-8-20(21)19-11-15(4)14(3)10-18(17)19/h5-11,21H,1-4H3. The van der Waals surface area contributed by atoms with Gasteiger partial charge in [0.15, 0.2) is 0 Å². The van der Waals surface area contributed by atoms with Crippen molar-refractivity contribution in [2.45, 2.75) is 27.7 Å². The number of rotatable bonds is 1. The van der Waals surface area contributed by atoms with Gasteiger partial charge in [0.05, 0.1) is 0 Å². The lowest BCUT2D eigenvalue weighted by Crippen LogP contribution is -1.88. The number of fused-ring (bicyclic) bond motifs is 1. The first-order chi connectivity index (χ1) is 9.97. The second-order valence-corrected chi connectivity index (χ2v) is 5.91. The molecule has 21 heavy (non-hydrogen) atoms. The van der Waals surface area contributed by atoms with E-state index in [9.17, 15) is 5.11 Å². The predicted molar refractivity (Wildman–Crippen MR) is 90.0 cm³/mol. The summed E-state index contributed by atoms with van der Waals surface area (Å²) in [5.41, 5.74) is 7.42. The molecule has 0 spiro atoms. The summed E-state index contributed by atoms with van der Waals surface area (Å²) < 4.78 is 0. The second-order valence-electron chi connectivity index (χ2n) is 5.91. The summed E-state index contributed by atoms with van der Waals surface area (Å²) in [4.78, 5) is 0. The number of aromatic hydroxyl groups is 1. The van der Waals surface area contributed by atoms with E-state index in [-0.39, 0.29) is 0 Å². The molecule has 1 nitrogen and oxygen atoms in total. The molecule has 0 amide bonds. The maximum Gasteiger partial charge on any atom is 0.123 e. The first kappa shape index (κ1) is 13.7. The van der Waals surface area contributed by atoms with Crippen LogP contribution in [0.2, 0.25) is 0 Å². The molecule has 0 fully saturated rings. The Labute approximate surface area is 125 Å². The maximum atomic E-state index is 10.2. The van der Waals surface area contributed by atoms with Crippen LogP contribution in [0.1, 0.15) is 22.3 Å². The summed E-state index contributed by atoms with van der Waals surface area (Å²) >= 11 is 0. The zero-order chi connectivity index (χ0) is 15.1.